The van der Waals surface area contributed by atoms with E-state index in [-0.39, 0.29) is 18.4 Å². The van der Waals surface area contributed by atoms with Gasteiger partial charge in [-0.15, -0.1) is 0 Å². The molecule has 0 radical (unpaired) electrons. The first-order valence-electron chi connectivity index (χ1n) is 10.3. The van der Waals surface area contributed by atoms with E-state index in [4.69, 9.17) is 4.74 Å². The number of carbonyl (C=O) groups excluding carboxylic acids is 2. The summed E-state index contributed by atoms with van der Waals surface area (Å²) in [4.78, 5) is 26.8. The molecular formula is C24H29N3O3. The van der Waals surface area contributed by atoms with Gasteiger partial charge in [-0.05, 0) is 55.2 Å². The molecule has 2 amide bonds. The highest BCUT2D eigenvalue weighted by molar-refractivity contribution is 5.96. The van der Waals surface area contributed by atoms with Crippen molar-refractivity contribution in [3.63, 3.8) is 0 Å². The molecule has 1 fully saturated rings. The van der Waals surface area contributed by atoms with Crippen molar-refractivity contribution in [3.8, 4) is 5.75 Å². The third kappa shape index (κ3) is 6.11. The molecule has 1 saturated heterocycles. The number of hydrogen-bond donors (Lipinski definition) is 2. The fourth-order valence-corrected chi connectivity index (χ4v) is 3.33. The average Bonchev–Trinajstić information content (AvgIpc) is 2.77. The van der Waals surface area contributed by atoms with Crippen LogP contribution in [0.25, 0.3) is 0 Å². The van der Waals surface area contributed by atoms with E-state index in [1.54, 1.807) is 30.3 Å². The van der Waals surface area contributed by atoms with Gasteiger partial charge in [-0.1, -0.05) is 25.6 Å². The lowest BCUT2D eigenvalue weighted by Crippen LogP contribution is -2.37. The first-order valence-corrected chi connectivity index (χ1v) is 10.3. The molecule has 0 aromatic heterocycles. The molecule has 0 atom stereocenters. The van der Waals surface area contributed by atoms with Gasteiger partial charge in [0.15, 0.2) is 0 Å². The largest absolute Gasteiger partial charge is 0.489 e. The average molecular weight is 408 g/mol. The van der Waals surface area contributed by atoms with E-state index >= 15 is 0 Å². The van der Waals surface area contributed by atoms with Crippen molar-refractivity contribution in [2.75, 3.05) is 36.9 Å². The lowest BCUT2D eigenvalue weighted by atomic mass is 9.98. The fourth-order valence-electron chi connectivity index (χ4n) is 3.33. The molecule has 30 heavy (non-hydrogen) atoms. The second-order valence-corrected chi connectivity index (χ2v) is 7.58. The number of amides is 2. The number of piperidine rings is 1. The van der Waals surface area contributed by atoms with Crippen molar-refractivity contribution in [1.29, 1.82) is 0 Å². The number of carbonyl (C=O) groups is 2. The molecule has 0 aliphatic carbocycles. The Labute approximate surface area is 177 Å². The van der Waals surface area contributed by atoms with Crippen molar-refractivity contribution in [3.05, 3.63) is 66.7 Å². The van der Waals surface area contributed by atoms with Crippen LogP contribution in [0.1, 0.15) is 30.1 Å². The van der Waals surface area contributed by atoms with Gasteiger partial charge < -0.3 is 20.3 Å². The van der Waals surface area contributed by atoms with Crippen molar-refractivity contribution >= 4 is 23.2 Å². The summed E-state index contributed by atoms with van der Waals surface area (Å²) >= 11 is 0. The Morgan fingerprint density at radius 1 is 1.13 bits per heavy atom. The highest BCUT2D eigenvalue weighted by Gasteiger charge is 2.21. The van der Waals surface area contributed by atoms with E-state index in [1.165, 1.54) is 0 Å². The number of hydrogen-bond acceptors (Lipinski definition) is 4. The number of rotatable bonds is 8. The lowest BCUT2D eigenvalue weighted by molar-refractivity contribution is -0.114. The van der Waals surface area contributed by atoms with E-state index < -0.39 is 0 Å². The smallest absolute Gasteiger partial charge is 0.253 e. The van der Waals surface area contributed by atoms with E-state index in [0.29, 0.717) is 29.5 Å². The van der Waals surface area contributed by atoms with Crippen molar-refractivity contribution in [1.82, 2.24) is 4.90 Å². The van der Waals surface area contributed by atoms with Crippen LogP contribution in [0.2, 0.25) is 0 Å². The van der Waals surface area contributed by atoms with Crippen LogP contribution >= 0.6 is 0 Å². The molecule has 6 nitrogen and oxygen atoms in total. The maximum atomic E-state index is 12.6. The number of benzene rings is 2. The highest BCUT2D eigenvalue weighted by atomic mass is 16.5. The van der Waals surface area contributed by atoms with Gasteiger partial charge in [-0.25, -0.2) is 0 Å². The summed E-state index contributed by atoms with van der Waals surface area (Å²) in [6, 6.07) is 14.5. The summed E-state index contributed by atoms with van der Waals surface area (Å²) < 4.78 is 5.49. The van der Waals surface area contributed by atoms with Crippen LogP contribution in [-0.2, 0) is 4.79 Å². The van der Waals surface area contributed by atoms with Crippen molar-refractivity contribution in [2.45, 2.75) is 19.8 Å². The molecule has 1 aliphatic heterocycles. The van der Waals surface area contributed by atoms with Crippen molar-refractivity contribution < 1.29 is 14.3 Å². The normalized spacial score (nSPS) is 14.1. The highest BCUT2D eigenvalue weighted by Crippen LogP contribution is 2.20. The molecule has 2 aromatic rings. The summed E-state index contributed by atoms with van der Waals surface area (Å²) in [5.41, 5.74) is 2.11. The molecule has 0 bridgehead atoms. The summed E-state index contributed by atoms with van der Waals surface area (Å²) in [6.45, 7) is 8.02. The minimum atomic E-state index is -0.170. The first-order chi connectivity index (χ1) is 14.5. The van der Waals surface area contributed by atoms with Gasteiger partial charge in [0.25, 0.3) is 5.91 Å². The minimum Gasteiger partial charge on any atom is -0.489 e. The summed E-state index contributed by atoms with van der Waals surface area (Å²) in [6.07, 6.45) is 3.78. The molecule has 1 heterocycles. The number of nitrogens with zero attached hydrogens (tertiary/aromatic N) is 1. The third-order valence-electron chi connectivity index (χ3n) is 5.14. The van der Waals surface area contributed by atoms with Crippen LogP contribution < -0.4 is 15.4 Å². The predicted molar refractivity (Wildman–Crippen MR) is 120 cm³/mol. The monoisotopic (exact) mass is 407 g/mol. The zero-order chi connectivity index (χ0) is 21.3. The molecule has 6 heteroatoms. The van der Waals surface area contributed by atoms with Crippen LogP contribution in [0.4, 0.5) is 11.4 Å². The van der Waals surface area contributed by atoms with Gasteiger partial charge in [0.1, 0.15) is 12.4 Å². The van der Waals surface area contributed by atoms with E-state index in [2.05, 4.69) is 24.1 Å². The Balaban J connectivity index is 1.48. The Kier molecular flexibility index (Phi) is 7.49. The molecule has 2 N–H and O–H groups in total. The van der Waals surface area contributed by atoms with E-state index in [1.807, 2.05) is 29.2 Å². The molecule has 0 saturated carbocycles. The van der Waals surface area contributed by atoms with E-state index in [9.17, 15) is 9.59 Å². The van der Waals surface area contributed by atoms with Crippen LogP contribution in [0, 0.1) is 5.92 Å². The second kappa shape index (κ2) is 10.5. The van der Waals surface area contributed by atoms with Gasteiger partial charge in [0.05, 0.1) is 6.54 Å². The van der Waals surface area contributed by atoms with E-state index in [0.717, 1.165) is 31.6 Å². The Bertz CT molecular complexity index is 872. The Morgan fingerprint density at radius 2 is 1.87 bits per heavy atom. The zero-order valence-electron chi connectivity index (χ0n) is 17.4. The molecule has 0 unspecified atom stereocenters. The van der Waals surface area contributed by atoms with Crippen molar-refractivity contribution in [2.24, 2.45) is 5.92 Å². The van der Waals surface area contributed by atoms with Gasteiger partial charge in [0, 0.05) is 36.1 Å². The van der Waals surface area contributed by atoms with Crippen LogP contribution in [0.3, 0.4) is 0 Å². The first kappa shape index (κ1) is 21.4. The summed E-state index contributed by atoms with van der Waals surface area (Å²) in [5.74, 6) is 1.28. The second-order valence-electron chi connectivity index (χ2n) is 7.58. The maximum Gasteiger partial charge on any atom is 0.253 e. The standard InChI is InChI=1S/C24H29N3O3/c1-3-15-30-22-6-4-5-21(16-22)25-17-23(28)26-20-9-7-19(8-10-20)24(29)27-13-11-18(2)12-14-27/h3-10,16,18,25H,1,11-15,17H2,2H3,(H,26,28). The SMILES string of the molecule is C=CCOc1cccc(NCC(=O)Nc2ccc(C(=O)N3CCC(C)CC3)cc2)c1. The van der Waals surface area contributed by atoms with Gasteiger partial charge in [0.2, 0.25) is 5.91 Å². The maximum absolute atomic E-state index is 12.6. The van der Waals surface area contributed by atoms with Crippen LogP contribution in [0.15, 0.2) is 61.2 Å². The molecule has 3 rings (SSSR count). The number of ether oxygens (including phenoxy) is 1. The molecule has 2 aromatic carbocycles. The molecular weight excluding hydrogens is 378 g/mol. The van der Waals surface area contributed by atoms with Crippen LogP contribution in [0.5, 0.6) is 5.75 Å². The number of nitrogens with one attached hydrogen (secondary N) is 2. The molecule has 1 aliphatic rings. The third-order valence-corrected chi connectivity index (χ3v) is 5.14. The lowest BCUT2D eigenvalue weighted by Gasteiger charge is -2.30. The fraction of sp³-hybridized carbons (Fsp3) is 0.333. The molecule has 0 spiro atoms. The van der Waals surface area contributed by atoms with Gasteiger partial charge in [-0.2, -0.15) is 0 Å². The topological polar surface area (TPSA) is 70.7 Å². The Hall–Kier alpha value is -3.28. The Morgan fingerprint density at radius 3 is 2.57 bits per heavy atom. The quantitative estimate of drug-likeness (QED) is 0.644. The van der Waals surface area contributed by atoms with Gasteiger partial charge >= 0.3 is 0 Å². The predicted octanol–water partition coefficient (Wildman–Crippen LogP) is 4.17. The summed E-state index contributed by atoms with van der Waals surface area (Å²) in [5, 5.41) is 5.92. The zero-order valence-corrected chi connectivity index (χ0v) is 17.4. The summed E-state index contributed by atoms with van der Waals surface area (Å²) in [7, 11) is 0. The minimum absolute atomic E-state index is 0.0556. The molecule has 158 valence electrons. The number of anilines is 2. The van der Waals surface area contributed by atoms with Gasteiger partial charge in [-0.3, -0.25) is 9.59 Å². The number of likely N-dealkylation sites (tertiary alicyclic amines) is 1. The van der Waals surface area contributed by atoms with Crippen LogP contribution in [-0.4, -0.2) is 43.0 Å².